The Kier molecular flexibility index (Phi) is 7.03. The zero-order valence-electron chi connectivity index (χ0n) is 27.0. The number of aliphatic imine (C=N–C) groups is 2. The highest BCUT2D eigenvalue weighted by atomic mass is 32.1. The molecule has 7 aromatic carbocycles. The first-order chi connectivity index (χ1) is 24.1. The van der Waals surface area contributed by atoms with Crippen molar-refractivity contribution in [2.45, 2.75) is 6.92 Å². The molecule has 3 nitrogen and oxygen atoms in total. The van der Waals surface area contributed by atoms with Gasteiger partial charge in [-0.3, -0.25) is 0 Å². The third kappa shape index (κ3) is 5.05. The first kappa shape index (κ1) is 29.1. The minimum atomic E-state index is 0.638. The average Bonchev–Trinajstić information content (AvgIpc) is 3.69. The first-order valence-corrected chi connectivity index (χ1v) is 17.3. The number of aromatic nitrogens is 1. The van der Waals surface area contributed by atoms with Crippen LogP contribution in [0.15, 0.2) is 174 Å². The van der Waals surface area contributed by atoms with Crippen molar-refractivity contribution in [2.75, 3.05) is 0 Å². The van der Waals surface area contributed by atoms with Gasteiger partial charge in [-0.05, 0) is 65.2 Å². The molecule has 2 aromatic heterocycles. The van der Waals surface area contributed by atoms with E-state index in [2.05, 4.69) is 108 Å². The van der Waals surface area contributed by atoms with Gasteiger partial charge in [-0.15, -0.1) is 11.3 Å². The summed E-state index contributed by atoms with van der Waals surface area (Å²) >= 11 is 1.87. The summed E-state index contributed by atoms with van der Waals surface area (Å²) in [5.41, 5.74) is 8.04. The van der Waals surface area contributed by atoms with Crippen LogP contribution >= 0.6 is 11.3 Å². The maximum absolute atomic E-state index is 5.05. The summed E-state index contributed by atoms with van der Waals surface area (Å²) < 4.78 is 5.01. The number of benzene rings is 7. The van der Waals surface area contributed by atoms with E-state index in [0.717, 1.165) is 28.1 Å². The van der Waals surface area contributed by atoms with Gasteiger partial charge in [0.25, 0.3) is 0 Å². The summed E-state index contributed by atoms with van der Waals surface area (Å²) in [5, 5.41) is 7.77. The number of amidine groups is 1. The van der Waals surface area contributed by atoms with Gasteiger partial charge in [0.05, 0.1) is 16.7 Å². The molecular formula is C45H31N3S. The van der Waals surface area contributed by atoms with Crippen molar-refractivity contribution in [3.63, 3.8) is 0 Å². The second-order valence-corrected chi connectivity index (χ2v) is 13.4. The van der Waals surface area contributed by atoms with E-state index in [4.69, 9.17) is 9.98 Å². The van der Waals surface area contributed by atoms with Gasteiger partial charge < -0.3 is 4.57 Å². The van der Waals surface area contributed by atoms with Gasteiger partial charge in [-0.1, -0.05) is 128 Å². The lowest BCUT2D eigenvalue weighted by Crippen LogP contribution is -2.04. The molecule has 0 fully saturated rings. The van der Waals surface area contributed by atoms with E-state index in [1.165, 1.54) is 52.8 Å². The fourth-order valence-electron chi connectivity index (χ4n) is 6.93. The Labute approximate surface area is 288 Å². The molecule has 0 aliphatic heterocycles. The van der Waals surface area contributed by atoms with Crippen molar-refractivity contribution in [1.82, 2.24) is 4.57 Å². The average molecular weight is 646 g/mol. The van der Waals surface area contributed by atoms with E-state index in [1.807, 2.05) is 78.9 Å². The largest absolute Gasteiger partial charge is 0.309 e. The molecule has 0 amide bonds. The number of para-hydroxylation sites is 1. The van der Waals surface area contributed by atoms with Gasteiger partial charge in [-0.25, -0.2) is 9.98 Å². The molecule has 2 heterocycles. The molecule has 0 aliphatic rings. The maximum Gasteiger partial charge on any atom is 0.160 e. The molecule has 232 valence electrons. The number of fused-ring (bicyclic) bond motifs is 8. The smallest absolute Gasteiger partial charge is 0.160 e. The van der Waals surface area contributed by atoms with Gasteiger partial charge in [0.15, 0.2) is 5.84 Å². The Bertz CT molecular complexity index is 2770. The number of nitrogens with zero attached hydrogens (tertiary/aromatic N) is 3. The summed E-state index contributed by atoms with van der Waals surface area (Å²) in [5.74, 6) is 0.638. The van der Waals surface area contributed by atoms with Crippen LogP contribution in [0.2, 0.25) is 0 Å². The van der Waals surface area contributed by atoms with Crippen molar-refractivity contribution in [3.8, 4) is 5.69 Å². The Morgan fingerprint density at radius 3 is 1.98 bits per heavy atom. The van der Waals surface area contributed by atoms with Crippen LogP contribution in [0.3, 0.4) is 0 Å². The lowest BCUT2D eigenvalue weighted by Gasteiger charge is -2.10. The van der Waals surface area contributed by atoms with E-state index in [0.29, 0.717) is 11.5 Å². The molecule has 49 heavy (non-hydrogen) atoms. The highest BCUT2D eigenvalue weighted by Crippen LogP contribution is 2.43. The number of hydrogen-bond donors (Lipinski definition) is 0. The topological polar surface area (TPSA) is 29.6 Å². The quantitative estimate of drug-likeness (QED) is 0.132. The van der Waals surface area contributed by atoms with Crippen LogP contribution in [0.4, 0.5) is 0 Å². The zero-order valence-corrected chi connectivity index (χ0v) is 27.8. The van der Waals surface area contributed by atoms with Crippen molar-refractivity contribution in [1.29, 1.82) is 0 Å². The molecule has 9 rings (SSSR count). The fourth-order valence-corrected chi connectivity index (χ4v) is 8.06. The molecule has 0 saturated carbocycles. The molecule has 0 spiro atoms. The molecule has 0 radical (unpaired) electrons. The maximum atomic E-state index is 5.05. The van der Waals surface area contributed by atoms with E-state index in [9.17, 15) is 0 Å². The first-order valence-electron chi connectivity index (χ1n) is 16.4. The monoisotopic (exact) mass is 645 g/mol. The number of thiophene rings is 1. The predicted molar refractivity (Wildman–Crippen MR) is 212 cm³/mol. The van der Waals surface area contributed by atoms with E-state index >= 15 is 0 Å². The minimum Gasteiger partial charge on any atom is -0.309 e. The van der Waals surface area contributed by atoms with Gasteiger partial charge in [0, 0.05) is 47.9 Å². The zero-order chi connectivity index (χ0) is 32.9. The SMILES string of the molecule is C=C(N=C(N=C(C)c1ccc(-n2c3ccccc3c3cc4c(cc32)sc2ccc3ccccc3c24)cc1)c1ccccc1)c1ccccc1. The summed E-state index contributed by atoms with van der Waals surface area (Å²) in [6.07, 6.45) is 0. The van der Waals surface area contributed by atoms with Gasteiger partial charge in [0.2, 0.25) is 0 Å². The van der Waals surface area contributed by atoms with E-state index < -0.39 is 0 Å². The summed E-state index contributed by atoms with van der Waals surface area (Å²) in [7, 11) is 0. The number of hydrogen-bond acceptors (Lipinski definition) is 2. The Balaban J connectivity index is 1.15. The summed E-state index contributed by atoms with van der Waals surface area (Å²) in [6, 6.07) is 55.6. The third-order valence-electron chi connectivity index (χ3n) is 9.35. The third-order valence-corrected chi connectivity index (χ3v) is 10.5. The van der Waals surface area contributed by atoms with Crippen LogP contribution in [-0.4, -0.2) is 16.1 Å². The molecule has 4 heteroatoms. The summed E-state index contributed by atoms with van der Waals surface area (Å²) in [4.78, 5) is 9.95. The molecular weight excluding hydrogens is 615 g/mol. The van der Waals surface area contributed by atoms with Gasteiger partial charge in [0.1, 0.15) is 0 Å². The summed E-state index contributed by atoms with van der Waals surface area (Å²) in [6.45, 7) is 6.29. The van der Waals surface area contributed by atoms with Crippen molar-refractivity contribution in [2.24, 2.45) is 9.98 Å². The molecule has 0 bridgehead atoms. The van der Waals surface area contributed by atoms with Crippen molar-refractivity contribution >= 4 is 81.3 Å². The van der Waals surface area contributed by atoms with Gasteiger partial charge >= 0.3 is 0 Å². The van der Waals surface area contributed by atoms with Crippen LogP contribution in [0.5, 0.6) is 0 Å². The van der Waals surface area contributed by atoms with Crippen molar-refractivity contribution in [3.05, 3.63) is 181 Å². The van der Waals surface area contributed by atoms with E-state index in [1.54, 1.807) is 0 Å². The molecule has 0 saturated heterocycles. The Hall–Kier alpha value is -6.10. The fraction of sp³-hybridized carbons (Fsp3) is 0.0222. The lowest BCUT2D eigenvalue weighted by atomic mass is 10.0. The van der Waals surface area contributed by atoms with Crippen molar-refractivity contribution < 1.29 is 0 Å². The second-order valence-electron chi connectivity index (χ2n) is 12.3. The normalized spacial score (nSPS) is 12.5. The molecule has 0 aliphatic carbocycles. The Morgan fingerprint density at radius 2 is 1.20 bits per heavy atom. The van der Waals surface area contributed by atoms with E-state index in [-0.39, 0.29) is 0 Å². The minimum absolute atomic E-state index is 0.638. The second kappa shape index (κ2) is 11.9. The predicted octanol–water partition coefficient (Wildman–Crippen LogP) is 12.2. The highest BCUT2D eigenvalue weighted by Gasteiger charge is 2.17. The van der Waals surface area contributed by atoms with Gasteiger partial charge in [-0.2, -0.15) is 0 Å². The highest BCUT2D eigenvalue weighted by molar-refractivity contribution is 7.26. The standard InChI is InChI=1S/C45H31N3S/c1-29(31-13-5-3-6-14-31)46-45(34-16-7-4-8-17-34)47-30(2)32-21-24-35(25-22-32)48-40-20-12-11-19-37(40)38-27-39-43(28-41(38)48)49-42-26-23-33-15-9-10-18-36(33)44(39)42/h3-28H,1H2,2H3. The van der Waals surface area contributed by atoms with Crippen LogP contribution in [0, 0.1) is 0 Å². The van der Waals surface area contributed by atoms with Crippen LogP contribution in [0.1, 0.15) is 23.6 Å². The lowest BCUT2D eigenvalue weighted by molar-refractivity contribution is 1.18. The molecule has 0 unspecified atom stereocenters. The molecule has 0 atom stereocenters. The van der Waals surface area contributed by atoms with Crippen LogP contribution in [-0.2, 0) is 0 Å². The van der Waals surface area contributed by atoms with Crippen LogP contribution in [0.25, 0.3) is 64.1 Å². The molecule has 0 N–H and O–H groups in total. The number of rotatable bonds is 5. The Morgan fingerprint density at radius 1 is 0.531 bits per heavy atom. The van der Waals surface area contributed by atoms with Crippen LogP contribution < -0.4 is 0 Å². The molecule has 9 aromatic rings.